The van der Waals surface area contributed by atoms with E-state index in [4.69, 9.17) is 9.47 Å². The molecule has 0 unspecified atom stereocenters. The number of hydrogen-bond donors (Lipinski definition) is 1. The minimum absolute atomic E-state index is 0.184. The fourth-order valence-electron chi connectivity index (χ4n) is 2.61. The summed E-state index contributed by atoms with van der Waals surface area (Å²) in [7, 11) is 0. The Kier molecular flexibility index (Phi) is 4.81. The standard InChI is InChI=1S/C19H16N2O3S2/c1-25-16-10-15-14(23-7-8-24-15)9-13(16)21-18(22)17-11-20-19(26-17)12-5-3-2-4-6-12/h2-6,9-11H,7-8H2,1H3,(H,21,22). The van der Waals surface area contributed by atoms with Gasteiger partial charge in [0.2, 0.25) is 0 Å². The molecule has 1 amide bonds. The molecule has 1 aliphatic heterocycles. The quantitative estimate of drug-likeness (QED) is 0.669. The van der Waals surface area contributed by atoms with Crippen LogP contribution in [0.2, 0.25) is 0 Å². The van der Waals surface area contributed by atoms with Crippen LogP contribution in [0, 0.1) is 0 Å². The summed E-state index contributed by atoms with van der Waals surface area (Å²) >= 11 is 2.91. The van der Waals surface area contributed by atoms with Gasteiger partial charge < -0.3 is 14.8 Å². The molecule has 0 fully saturated rings. The molecule has 0 saturated heterocycles. The van der Waals surface area contributed by atoms with Crippen molar-refractivity contribution in [3.05, 3.63) is 53.5 Å². The molecule has 5 nitrogen and oxygen atoms in total. The van der Waals surface area contributed by atoms with Crippen LogP contribution in [0.15, 0.2) is 53.6 Å². The Bertz CT molecular complexity index is 941. The Balaban J connectivity index is 1.58. The molecular weight excluding hydrogens is 368 g/mol. The molecule has 2 aromatic carbocycles. The van der Waals surface area contributed by atoms with Crippen molar-refractivity contribution in [3.63, 3.8) is 0 Å². The third-order valence-electron chi connectivity index (χ3n) is 3.86. The smallest absolute Gasteiger partial charge is 0.267 e. The number of thiazole rings is 1. The van der Waals surface area contributed by atoms with Gasteiger partial charge in [-0.2, -0.15) is 0 Å². The molecule has 0 radical (unpaired) electrons. The van der Waals surface area contributed by atoms with Crippen molar-refractivity contribution in [1.29, 1.82) is 0 Å². The van der Waals surface area contributed by atoms with E-state index in [1.165, 1.54) is 11.3 Å². The van der Waals surface area contributed by atoms with Crippen LogP contribution in [0.4, 0.5) is 5.69 Å². The fraction of sp³-hybridized carbons (Fsp3) is 0.158. The van der Waals surface area contributed by atoms with Crippen molar-refractivity contribution in [3.8, 4) is 22.1 Å². The van der Waals surface area contributed by atoms with Crippen LogP contribution in [0.1, 0.15) is 9.67 Å². The lowest BCUT2D eigenvalue weighted by Gasteiger charge is -2.20. The highest BCUT2D eigenvalue weighted by molar-refractivity contribution is 7.98. The molecule has 0 bridgehead atoms. The summed E-state index contributed by atoms with van der Waals surface area (Å²) in [6, 6.07) is 13.5. The number of aromatic nitrogens is 1. The van der Waals surface area contributed by atoms with Crippen molar-refractivity contribution >= 4 is 34.7 Å². The summed E-state index contributed by atoms with van der Waals surface area (Å²) in [5.74, 6) is 1.18. The monoisotopic (exact) mass is 384 g/mol. The Morgan fingerprint density at radius 2 is 1.88 bits per heavy atom. The van der Waals surface area contributed by atoms with E-state index in [9.17, 15) is 4.79 Å². The lowest BCUT2D eigenvalue weighted by molar-refractivity contribution is 0.103. The van der Waals surface area contributed by atoms with Crippen LogP contribution in [0.3, 0.4) is 0 Å². The molecule has 2 heterocycles. The van der Waals surface area contributed by atoms with Gasteiger partial charge in [-0.1, -0.05) is 30.3 Å². The van der Waals surface area contributed by atoms with Crippen LogP contribution in [-0.2, 0) is 0 Å². The Morgan fingerprint density at radius 3 is 2.62 bits per heavy atom. The molecular formula is C19H16N2O3S2. The highest BCUT2D eigenvalue weighted by Crippen LogP contribution is 2.39. The van der Waals surface area contributed by atoms with Gasteiger partial charge in [-0.3, -0.25) is 4.79 Å². The van der Waals surface area contributed by atoms with Crippen molar-refractivity contribution in [2.45, 2.75) is 4.90 Å². The number of thioether (sulfide) groups is 1. The second-order valence-electron chi connectivity index (χ2n) is 5.55. The molecule has 1 aromatic heterocycles. The summed E-state index contributed by atoms with van der Waals surface area (Å²) in [6.07, 6.45) is 3.57. The molecule has 7 heteroatoms. The topological polar surface area (TPSA) is 60.5 Å². The van der Waals surface area contributed by atoms with Gasteiger partial charge in [0.1, 0.15) is 23.1 Å². The van der Waals surface area contributed by atoms with Gasteiger partial charge >= 0.3 is 0 Å². The molecule has 0 spiro atoms. The molecule has 1 aliphatic rings. The van der Waals surface area contributed by atoms with Crippen LogP contribution >= 0.6 is 23.1 Å². The van der Waals surface area contributed by atoms with E-state index >= 15 is 0 Å². The first-order valence-electron chi connectivity index (χ1n) is 8.05. The highest BCUT2D eigenvalue weighted by atomic mass is 32.2. The van der Waals surface area contributed by atoms with E-state index in [1.54, 1.807) is 18.0 Å². The van der Waals surface area contributed by atoms with Crippen molar-refractivity contribution in [2.24, 2.45) is 0 Å². The van der Waals surface area contributed by atoms with Crippen molar-refractivity contribution in [1.82, 2.24) is 4.98 Å². The number of rotatable bonds is 4. The van der Waals surface area contributed by atoms with E-state index in [1.807, 2.05) is 48.7 Å². The Labute approximate surface area is 159 Å². The fourth-order valence-corrected chi connectivity index (χ4v) is 3.99. The van der Waals surface area contributed by atoms with Crippen molar-refractivity contribution in [2.75, 3.05) is 24.8 Å². The lowest BCUT2D eigenvalue weighted by atomic mass is 10.2. The SMILES string of the molecule is CSc1cc2c(cc1NC(=O)c1cnc(-c3ccccc3)s1)OCCO2. The van der Waals surface area contributed by atoms with Gasteiger partial charge in [-0.15, -0.1) is 23.1 Å². The maximum absolute atomic E-state index is 12.7. The summed E-state index contributed by atoms with van der Waals surface area (Å²) in [5, 5.41) is 3.79. The summed E-state index contributed by atoms with van der Waals surface area (Å²) in [4.78, 5) is 18.5. The van der Waals surface area contributed by atoms with Gasteiger partial charge in [0.15, 0.2) is 11.5 Å². The van der Waals surface area contributed by atoms with Gasteiger partial charge in [0.25, 0.3) is 5.91 Å². The van der Waals surface area contributed by atoms with Crippen molar-refractivity contribution < 1.29 is 14.3 Å². The van der Waals surface area contributed by atoms with Crippen LogP contribution in [0.5, 0.6) is 11.5 Å². The molecule has 132 valence electrons. The summed E-state index contributed by atoms with van der Waals surface area (Å²) in [5.41, 5.74) is 1.71. The van der Waals surface area contributed by atoms with E-state index in [0.29, 0.717) is 35.3 Å². The number of nitrogens with zero attached hydrogens (tertiary/aromatic N) is 1. The van der Waals surface area contributed by atoms with E-state index in [0.717, 1.165) is 15.5 Å². The van der Waals surface area contributed by atoms with Crippen LogP contribution in [0.25, 0.3) is 10.6 Å². The number of carbonyl (C=O) groups excluding carboxylic acids is 1. The van der Waals surface area contributed by atoms with Crippen LogP contribution in [-0.4, -0.2) is 30.4 Å². The summed E-state index contributed by atoms with van der Waals surface area (Å²) < 4.78 is 11.2. The third-order valence-corrected chi connectivity index (χ3v) is 5.69. The first-order chi connectivity index (χ1) is 12.7. The molecule has 3 aromatic rings. The molecule has 26 heavy (non-hydrogen) atoms. The first-order valence-corrected chi connectivity index (χ1v) is 10.1. The molecule has 0 saturated carbocycles. The van der Waals surface area contributed by atoms with Gasteiger partial charge in [-0.25, -0.2) is 4.98 Å². The van der Waals surface area contributed by atoms with Gasteiger partial charge in [0.05, 0.1) is 11.9 Å². The number of carbonyl (C=O) groups is 1. The number of amides is 1. The molecule has 0 atom stereocenters. The zero-order chi connectivity index (χ0) is 17.9. The maximum atomic E-state index is 12.7. The zero-order valence-corrected chi connectivity index (χ0v) is 15.7. The third kappa shape index (κ3) is 3.40. The van der Waals surface area contributed by atoms with Gasteiger partial charge in [0, 0.05) is 16.5 Å². The van der Waals surface area contributed by atoms with E-state index in [2.05, 4.69) is 10.3 Å². The minimum atomic E-state index is -0.184. The van der Waals surface area contributed by atoms with E-state index < -0.39 is 0 Å². The van der Waals surface area contributed by atoms with Crippen LogP contribution < -0.4 is 14.8 Å². The second kappa shape index (κ2) is 7.39. The number of nitrogens with one attached hydrogen (secondary N) is 1. The van der Waals surface area contributed by atoms with E-state index in [-0.39, 0.29) is 5.91 Å². The number of ether oxygens (including phenoxy) is 2. The Hall–Kier alpha value is -2.51. The molecule has 0 aliphatic carbocycles. The predicted molar refractivity (Wildman–Crippen MR) is 105 cm³/mol. The number of hydrogen-bond acceptors (Lipinski definition) is 6. The number of anilines is 1. The molecule has 4 rings (SSSR count). The normalized spacial score (nSPS) is 12.7. The average Bonchev–Trinajstić information content (AvgIpc) is 3.18. The highest BCUT2D eigenvalue weighted by Gasteiger charge is 2.18. The minimum Gasteiger partial charge on any atom is -0.486 e. The molecule has 1 N–H and O–H groups in total. The second-order valence-corrected chi connectivity index (χ2v) is 7.42. The largest absolute Gasteiger partial charge is 0.486 e. The maximum Gasteiger partial charge on any atom is 0.267 e. The number of benzene rings is 2. The first kappa shape index (κ1) is 16.9. The van der Waals surface area contributed by atoms with Gasteiger partial charge in [-0.05, 0) is 12.3 Å². The predicted octanol–water partition coefficient (Wildman–Crippen LogP) is 4.56. The summed E-state index contributed by atoms with van der Waals surface area (Å²) in [6.45, 7) is 1.05. The lowest BCUT2D eigenvalue weighted by Crippen LogP contribution is -2.16. The Morgan fingerprint density at radius 1 is 1.15 bits per heavy atom. The number of fused-ring (bicyclic) bond motifs is 1. The average molecular weight is 384 g/mol. The zero-order valence-electron chi connectivity index (χ0n) is 14.0.